The molecule has 0 spiro atoms. The largest absolute Gasteiger partial charge is 0.495 e. The summed E-state index contributed by atoms with van der Waals surface area (Å²) in [6, 6.07) is 9.34. The van der Waals surface area contributed by atoms with Gasteiger partial charge >= 0.3 is 0 Å². The Hall–Kier alpha value is -3.61. The van der Waals surface area contributed by atoms with Gasteiger partial charge in [-0.15, -0.1) is 11.3 Å². The van der Waals surface area contributed by atoms with Crippen LogP contribution in [0.5, 0.6) is 5.75 Å². The van der Waals surface area contributed by atoms with Crippen molar-refractivity contribution in [2.24, 2.45) is 5.92 Å². The zero-order chi connectivity index (χ0) is 27.4. The second kappa shape index (κ2) is 12.1. The van der Waals surface area contributed by atoms with E-state index in [0.717, 1.165) is 71.1 Å². The van der Waals surface area contributed by atoms with E-state index in [2.05, 4.69) is 25.5 Å². The van der Waals surface area contributed by atoms with Crippen molar-refractivity contribution >= 4 is 52.1 Å². The Balaban J connectivity index is 1.15. The molecule has 2 amide bonds. The number of thiophene rings is 1. The number of anilines is 1. The van der Waals surface area contributed by atoms with Crippen molar-refractivity contribution in [3.05, 3.63) is 57.7 Å². The molecule has 0 aromatic carbocycles. The average Bonchev–Trinajstić information content (AvgIpc) is 3.56. The van der Waals surface area contributed by atoms with Gasteiger partial charge in [0.15, 0.2) is 5.78 Å². The van der Waals surface area contributed by atoms with Gasteiger partial charge in [0, 0.05) is 25.8 Å². The van der Waals surface area contributed by atoms with Gasteiger partial charge in [-0.2, -0.15) is 0 Å². The van der Waals surface area contributed by atoms with E-state index < -0.39 is 5.91 Å². The molecule has 2 aliphatic rings. The Kier molecular flexibility index (Phi) is 8.34. The maximum Gasteiger partial charge on any atom is 0.290 e. The van der Waals surface area contributed by atoms with Crippen molar-refractivity contribution in [1.82, 2.24) is 25.6 Å². The highest BCUT2D eigenvalue weighted by atomic mass is 32.2. The van der Waals surface area contributed by atoms with E-state index in [-0.39, 0.29) is 11.0 Å². The van der Waals surface area contributed by atoms with Gasteiger partial charge in [-0.3, -0.25) is 19.7 Å². The standard InChI is InChI=1S/C27H28N6O4S2/c1-16(34)22-5-6-23(38-22)19-3-4-21(37-2)20(31-19)15-28-14-17-8-11-33(12-9-17)26-29-10-7-18(30-26)13-24-25(35)32-27(36)39-24/h3-7,10,13,17,28H,8-9,11-12,14-15H2,1-2H3,(H,32,35,36). The van der Waals surface area contributed by atoms with Crippen LogP contribution in [-0.4, -0.2) is 58.6 Å². The molecular weight excluding hydrogens is 536 g/mol. The molecule has 39 heavy (non-hydrogen) atoms. The van der Waals surface area contributed by atoms with Gasteiger partial charge in [-0.05, 0) is 80.4 Å². The second-order valence-electron chi connectivity index (χ2n) is 9.26. The number of rotatable bonds is 9. The van der Waals surface area contributed by atoms with Gasteiger partial charge in [0.2, 0.25) is 5.95 Å². The summed E-state index contributed by atoms with van der Waals surface area (Å²) in [5.74, 6) is 1.51. The molecule has 12 heteroatoms. The van der Waals surface area contributed by atoms with Crippen molar-refractivity contribution < 1.29 is 19.1 Å². The molecule has 3 aromatic heterocycles. The van der Waals surface area contributed by atoms with Gasteiger partial charge in [0.05, 0.1) is 38.9 Å². The molecule has 2 N–H and O–H groups in total. The topological polar surface area (TPSA) is 126 Å². The number of carbonyl (C=O) groups excluding carboxylic acids is 3. The number of thioether (sulfide) groups is 1. The number of amides is 2. The first kappa shape index (κ1) is 27.0. The number of piperidine rings is 1. The maximum absolute atomic E-state index is 11.8. The molecule has 10 nitrogen and oxygen atoms in total. The van der Waals surface area contributed by atoms with E-state index in [1.54, 1.807) is 32.4 Å². The third kappa shape index (κ3) is 6.52. The first-order chi connectivity index (χ1) is 18.9. The van der Waals surface area contributed by atoms with E-state index in [9.17, 15) is 14.4 Å². The van der Waals surface area contributed by atoms with Gasteiger partial charge < -0.3 is 15.0 Å². The molecule has 2 fully saturated rings. The summed E-state index contributed by atoms with van der Waals surface area (Å²) in [6.45, 7) is 4.66. The predicted octanol–water partition coefficient (Wildman–Crippen LogP) is 4.14. The average molecular weight is 565 g/mol. The van der Waals surface area contributed by atoms with E-state index in [1.807, 2.05) is 24.3 Å². The number of aromatic nitrogens is 3. The van der Waals surface area contributed by atoms with Crippen LogP contribution in [0.15, 0.2) is 41.4 Å². The summed E-state index contributed by atoms with van der Waals surface area (Å²) in [6.07, 6.45) is 5.27. The monoisotopic (exact) mass is 564 g/mol. The highest BCUT2D eigenvalue weighted by Gasteiger charge is 2.26. The SMILES string of the molecule is COc1ccc(-c2ccc(C(C)=O)s2)nc1CNCC1CCN(c2nccc(C=C3SC(=O)NC3=O)n2)CC1. The van der Waals surface area contributed by atoms with Crippen LogP contribution >= 0.6 is 23.1 Å². The zero-order valence-corrected chi connectivity index (χ0v) is 23.2. The lowest BCUT2D eigenvalue weighted by molar-refractivity contribution is -0.115. The number of Topliss-reactive ketones (excluding diaryl/α,β-unsaturated/α-hetero) is 1. The van der Waals surface area contributed by atoms with E-state index >= 15 is 0 Å². The molecular formula is C27H28N6O4S2. The number of ketones is 1. The van der Waals surface area contributed by atoms with Crippen LogP contribution in [0.1, 0.15) is 40.8 Å². The Morgan fingerprint density at radius 1 is 1.18 bits per heavy atom. The van der Waals surface area contributed by atoms with Crippen LogP contribution in [-0.2, 0) is 11.3 Å². The number of carbonyl (C=O) groups is 3. The normalized spacial score (nSPS) is 17.1. The third-order valence-electron chi connectivity index (χ3n) is 6.57. The van der Waals surface area contributed by atoms with Gasteiger partial charge in [0.25, 0.3) is 11.1 Å². The number of nitrogens with zero attached hydrogens (tertiary/aromatic N) is 4. The summed E-state index contributed by atoms with van der Waals surface area (Å²) < 4.78 is 5.53. The number of methoxy groups -OCH3 is 1. The molecule has 0 unspecified atom stereocenters. The lowest BCUT2D eigenvalue weighted by Crippen LogP contribution is -2.38. The number of hydrogen-bond acceptors (Lipinski definition) is 11. The van der Waals surface area contributed by atoms with Crippen LogP contribution in [0.2, 0.25) is 0 Å². The first-order valence-electron chi connectivity index (χ1n) is 12.6. The lowest BCUT2D eigenvalue weighted by Gasteiger charge is -2.32. The lowest BCUT2D eigenvalue weighted by atomic mass is 9.97. The molecule has 0 bridgehead atoms. The molecule has 0 radical (unpaired) electrons. The van der Waals surface area contributed by atoms with Crippen molar-refractivity contribution in [3.8, 4) is 16.3 Å². The quantitative estimate of drug-likeness (QED) is 0.289. The fourth-order valence-corrected chi connectivity index (χ4v) is 6.02. The van der Waals surface area contributed by atoms with Crippen molar-refractivity contribution in [3.63, 3.8) is 0 Å². The Bertz CT molecular complexity index is 1430. The minimum absolute atomic E-state index is 0.0548. The van der Waals surface area contributed by atoms with Gasteiger partial charge in [-0.25, -0.2) is 15.0 Å². The summed E-state index contributed by atoms with van der Waals surface area (Å²) in [7, 11) is 1.64. The van der Waals surface area contributed by atoms with Crippen molar-refractivity contribution in [1.29, 1.82) is 0 Å². The molecule has 202 valence electrons. The van der Waals surface area contributed by atoms with Crippen LogP contribution in [0, 0.1) is 5.92 Å². The number of nitrogens with one attached hydrogen (secondary N) is 2. The van der Waals surface area contributed by atoms with Crippen LogP contribution in [0.25, 0.3) is 16.6 Å². The third-order valence-corrected chi connectivity index (χ3v) is 8.59. The van der Waals surface area contributed by atoms with Crippen LogP contribution in [0.3, 0.4) is 0 Å². The molecule has 0 saturated carbocycles. The van der Waals surface area contributed by atoms with E-state index in [4.69, 9.17) is 9.72 Å². The summed E-state index contributed by atoms with van der Waals surface area (Å²) in [5, 5.41) is 5.42. The molecule has 0 atom stereocenters. The smallest absolute Gasteiger partial charge is 0.290 e. The molecule has 2 aliphatic heterocycles. The fourth-order valence-electron chi connectivity index (χ4n) is 4.48. The molecule has 5 rings (SSSR count). The first-order valence-corrected chi connectivity index (χ1v) is 14.2. The zero-order valence-electron chi connectivity index (χ0n) is 21.6. The van der Waals surface area contributed by atoms with Gasteiger partial charge in [0.1, 0.15) is 5.75 Å². The minimum Gasteiger partial charge on any atom is -0.495 e. The van der Waals surface area contributed by atoms with Crippen LogP contribution < -0.4 is 20.3 Å². The molecule has 5 heterocycles. The molecule has 0 aliphatic carbocycles. The van der Waals surface area contributed by atoms with Crippen LogP contribution in [0.4, 0.5) is 10.7 Å². The predicted molar refractivity (Wildman–Crippen MR) is 152 cm³/mol. The second-order valence-corrected chi connectivity index (χ2v) is 11.4. The maximum atomic E-state index is 11.8. The fraction of sp³-hybridized carbons (Fsp3) is 0.333. The minimum atomic E-state index is -0.397. The number of imide groups is 1. The van der Waals surface area contributed by atoms with E-state index in [0.29, 0.717) is 29.0 Å². The number of pyridine rings is 1. The Morgan fingerprint density at radius 2 is 2.00 bits per heavy atom. The van der Waals surface area contributed by atoms with E-state index in [1.165, 1.54) is 11.3 Å². The Labute approximate surface area is 234 Å². The molecule has 2 saturated heterocycles. The highest BCUT2D eigenvalue weighted by Crippen LogP contribution is 2.30. The summed E-state index contributed by atoms with van der Waals surface area (Å²) in [4.78, 5) is 52.9. The summed E-state index contributed by atoms with van der Waals surface area (Å²) >= 11 is 2.32. The Morgan fingerprint density at radius 3 is 2.69 bits per heavy atom. The number of ether oxygens (including phenoxy) is 1. The van der Waals surface area contributed by atoms with Crippen molar-refractivity contribution in [2.45, 2.75) is 26.3 Å². The number of hydrogen-bond donors (Lipinski definition) is 2. The molecule has 3 aromatic rings. The highest BCUT2D eigenvalue weighted by molar-refractivity contribution is 8.18. The van der Waals surface area contributed by atoms with Gasteiger partial charge in [-0.1, -0.05) is 0 Å². The van der Waals surface area contributed by atoms with Crippen molar-refractivity contribution in [2.75, 3.05) is 31.6 Å². The summed E-state index contributed by atoms with van der Waals surface area (Å²) in [5.41, 5.74) is 2.26.